The molecule has 2 saturated heterocycles. The summed E-state index contributed by atoms with van der Waals surface area (Å²) in [6, 6.07) is 1.64. The fraction of sp³-hybridized carbons (Fsp3) is 0.600. The first-order valence-electron chi connectivity index (χ1n) is 10.3. The molecular formula is C20H28BrN5O4. The predicted octanol–water partition coefficient (Wildman–Crippen LogP) is 1.43. The van der Waals surface area contributed by atoms with Crippen molar-refractivity contribution in [1.82, 2.24) is 25.8 Å². The third-order valence-electron chi connectivity index (χ3n) is 5.57. The molecule has 0 aliphatic carbocycles. The second-order valence-corrected chi connectivity index (χ2v) is 8.53. The Hall–Kier alpha value is -2.20. The highest BCUT2D eigenvalue weighted by Gasteiger charge is 2.42. The van der Waals surface area contributed by atoms with Crippen LogP contribution < -0.4 is 16.0 Å². The van der Waals surface area contributed by atoms with Crippen LogP contribution in [0.3, 0.4) is 0 Å². The van der Waals surface area contributed by atoms with Gasteiger partial charge in [0.05, 0.1) is 12.2 Å². The van der Waals surface area contributed by atoms with Crippen LogP contribution in [0.15, 0.2) is 22.9 Å². The quantitative estimate of drug-likeness (QED) is 0.586. The number of aromatic nitrogens is 1. The zero-order valence-electron chi connectivity index (χ0n) is 17.1. The van der Waals surface area contributed by atoms with Crippen molar-refractivity contribution in [2.45, 2.75) is 44.2 Å². The van der Waals surface area contributed by atoms with Crippen molar-refractivity contribution in [1.29, 1.82) is 0 Å². The molecule has 0 radical (unpaired) electrons. The number of halogens is 1. The number of nitrogens with one attached hydrogen (secondary N) is 3. The lowest BCUT2D eigenvalue weighted by Gasteiger charge is -2.39. The summed E-state index contributed by atoms with van der Waals surface area (Å²) in [5.74, 6) is -0.493. The van der Waals surface area contributed by atoms with E-state index in [2.05, 4.69) is 36.9 Å². The molecule has 3 amide bonds. The number of ether oxygens (including phenoxy) is 1. The van der Waals surface area contributed by atoms with Crippen LogP contribution in [0.1, 0.15) is 43.0 Å². The van der Waals surface area contributed by atoms with Crippen LogP contribution in [0.2, 0.25) is 0 Å². The van der Waals surface area contributed by atoms with Crippen LogP contribution in [-0.4, -0.2) is 72.2 Å². The number of piperidine rings is 2. The Morgan fingerprint density at radius 2 is 1.97 bits per heavy atom. The zero-order valence-corrected chi connectivity index (χ0v) is 18.7. The molecule has 0 unspecified atom stereocenters. The number of carbonyl (C=O) groups excluding carboxylic acids is 3. The van der Waals surface area contributed by atoms with E-state index < -0.39 is 5.54 Å². The summed E-state index contributed by atoms with van der Waals surface area (Å²) in [4.78, 5) is 43.6. The molecule has 1 aromatic heterocycles. The maximum atomic E-state index is 13.3. The highest BCUT2D eigenvalue weighted by Crippen LogP contribution is 2.22. The molecule has 3 heterocycles. The third-order valence-corrected chi connectivity index (χ3v) is 6.00. The lowest BCUT2D eigenvalue weighted by Crippen LogP contribution is -2.64. The summed E-state index contributed by atoms with van der Waals surface area (Å²) < 4.78 is 5.74. The Kier molecular flexibility index (Phi) is 7.65. The summed E-state index contributed by atoms with van der Waals surface area (Å²) in [6.45, 7) is 4.49. The van der Waals surface area contributed by atoms with Crippen LogP contribution in [0.4, 0.5) is 4.79 Å². The van der Waals surface area contributed by atoms with E-state index in [1.165, 1.54) is 6.20 Å². The molecule has 0 bridgehead atoms. The summed E-state index contributed by atoms with van der Waals surface area (Å²) in [7, 11) is 0. The molecule has 3 rings (SSSR count). The molecule has 164 valence electrons. The molecule has 2 fully saturated rings. The van der Waals surface area contributed by atoms with E-state index in [4.69, 9.17) is 4.74 Å². The molecule has 1 aromatic rings. The van der Waals surface area contributed by atoms with Gasteiger partial charge in [-0.2, -0.15) is 0 Å². The van der Waals surface area contributed by atoms with Crippen molar-refractivity contribution in [2.24, 2.45) is 0 Å². The van der Waals surface area contributed by atoms with E-state index in [0.29, 0.717) is 68.5 Å². The number of pyridine rings is 1. The monoisotopic (exact) mass is 481 g/mol. The Balaban J connectivity index is 1.63. The van der Waals surface area contributed by atoms with Crippen molar-refractivity contribution >= 4 is 33.8 Å². The number of carbonyl (C=O) groups is 3. The second kappa shape index (κ2) is 10.2. The first kappa shape index (κ1) is 22.5. The lowest BCUT2D eigenvalue weighted by molar-refractivity contribution is -0.129. The molecule has 9 nitrogen and oxygen atoms in total. The van der Waals surface area contributed by atoms with E-state index >= 15 is 0 Å². The van der Waals surface area contributed by atoms with Gasteiger partial charge in [-0.3, -0.25) is 14.6 Å². The molecule has 3 N–H and O–H groups in total. The molecule has 30 heavy (non-hydrogen) atoms. The van der Waals surface area contributed by atoms with E-state index in [9.17, 15) is 14.4 Å². The van der Waals surface area contributed by atoms with Crippen LogP contribution in [-0.2, 0) is 9.53 Å². The van der Waals surface area contributed by atoms with Crippen LogP contribution >= 0.6 is 15.9 Å². The fourth-order valence-electron chi connectivity index (χ4n) is 3.83. The van der Waals surface area contributed by atoms with Crippen molar-refractivity contribution in [3.8, 4) is 0 Å². The van der Waals surface area contributed by atoms with Gasteiger partial charge >= 0.3 is 6.09 Å². The first-order chi connectivity index (χ1) is 14.4. The molecule has 0 saturated carbocycles. The van der Waals surface area contributed by atoms with Gasteiger partial charge in [0.2, 0.25) is 5.91 Å². The molecule has 10 heteroatoms. The van der Waals surface area contributed by atoms with Crippen molar-refractivity contribution in [3.63, 3.8) is 0 Å². The Morgan fingerprint density at radius 1 is 1.27 bits per heavy atom. The summed E-state index contributed by atoms with van der Waals surface area (Å²) >= 11 is 3.32. The van der Waals surface area contributed by atoms with Gasteiger partial charge in [-0.15, -0.1) is 0 Å². The Bertz CT molecular complexity index is 776. The fourth-order valence-corrected chi connectivity index (χ4v) is 4.20. The van der Waals surface area contributed by atoms with Gasteiger partial charge in [-0.1, -0.05) is 0 Å². The Labute approximate surface area is 184 Å². The smallest absolute Gasteiger partial charge is 0.409 e. The van der Waals surface area contributed by atoms with Gasteiger partial charge < -0.3 is 25.6 Å². The summed E-state index contributed by atoms with van der Waals surface area (Å²) in [5, 5.41) is 9.32. The molecular weight excluding hydrogens is 454 g/mol. The van der Waals surface area contributed by atoms with Crippen LogP contribution in [0.5, 0.6) is 0 Å². The average Bonchev–Trinajstić information content (AvgIpc) is 2.75. The lowest BCUT2D eigenvalue weighted by atomic mass is 9.86. The number of hydrogen-bond donors (Lipinski definition) is 3. The topological polar surface area (TPSA) is 113 Å². The van der Waals surface area contributed by atoms with Crippen LogP contribution in [0.25, 0.3) is 0 Å². The number of rotatable bonds is 5. The van der Waals surface area contributed by atoms with Crippen LogP contribution in [0, 0.1) is 0 Å². The maximum Gasteiger partial charge on any atom is 0.409 e. The molecule has 0 aromatic carbocycles. The summed E-state index contributed by atoms with van der Waals surface area (Å²) in [5.41, 5.74) is -0.569. The van der Waals surface area contributed by atoms with Crippen molar-refractivity contribution < 1.29 is 19.1 Å². The number of hydrogen-bond acceptors (Lipinski definition) is 6. The molecule has 0 spiro atoms. The SMILES string of the molecule is CCOC(=O)N1CCC(NC(=O)C2(NC(=O)c3cncc(Br)c3)CCNCC2)CC1. The van der Waals surface area contributed by atoms with Gasteiger partial charge in [-0.25, -0.2) is 4.79 Å². The van der Waals surface area contributed by atoms with E-state index in [1.54, 1.807) is 24.1 Å². The van der Waals surface area contributed by atoms with E-state index in [-0.39, 0.29) is 23.9 Å². The van der Waals surface area contributed by atoms with E-state index in [0.717, 1.165) is 0 Å². The highest BCUT2D eigenvalue weighted by atomic mass is 79.9. The summed E-state index contributed by atoms with van der Waals surface area (Å²) in [6.07, 6.45) is 5.10. The van der Waals surface area contributed by atoms with Crippen molar-refractivity contribution in [2.75, 3.05) is 32.8 Å². The predicted molar refractivity (Wildman–Crippen MR) is 114 cm³/mol. The average molecular weight is 482 g/mol. The normalized spacial score (nSPS) is 19.1. The Morgan fingerprint density at radius 3 is 2.60 bits per heavy atom. The minimum atomic E-state index is -0.969. The van der Waals surface area contributed by atoms with Gasteiger partial charge in [0.25, 0.3) is 5.91 Å². The largest absolute Gasteiger partial charge is 0.450 e. The minimum absolute atomic E-state index is 0.0422. The maximum absolute atomic E-state index is 13.3. The first-order valence-corrected chi connectivity index (χ1v) is 11.1. The number of likely N-dealkylation sites (tertiary alicyclic amines) is 1. The minimum Gasteiger partial charge on any atom is -0.450 e. The van der Waals surface area contributed by atoms with E-state index in [1.807, 2.05) is 0 Å². The number of nitrogens with zero attached hydrogens (tertiary/aromatic N) is 2. The molecule has 2 aliphatic rings. The second-order valence-electron chi connectivity index (χ2n) is 7.61. The third kappa shape index (κ3) is 5.48. The molecule has 0 atom stereocenters. The zero-order chi connectivity index (χ0) is 21.6. The highest BCUT2D eigenvalue weighted by molar-refractivity contribution is 9.10. The molecule has 2 aliphatic heterocycles. The van der Waals surface area contributed by atoms with Gasteiger partial charge in [0, 0.05) is 36.0 Å². The van der Waals surface area contributed by atoms with Gasteiger partial charge in [0.1, 0.15) is 5.54 Å². The van der Waals surface area contributed by atoms with Gasteiger partial charge in [-0.05, 0) is 67.7 Å². The van der Waals surface area contributed by atoms with Crippen molar-refractivity contribution in [3.05, 3.63) is 28.5 Å². The standard InChI is InChI=1S/C20H28BrN5O4/c1-2-30-19(29)26-9-3-16(4-10-26)24-18(28)20(5-7-22-8-6-20)25-17(27)14-11-15(21)13-23-12-14/h11-13,16,22H,2-10H2,1H3,(H,24,28)(H,25,27). The van der Waals surface area contributed by atoms with Gasteiger partial charge in [0.15, 0.2) is 0 Å². The number of amides is 3.